The van der Waals surface area contributed by atoms with Crippen LogP contribution in [0.5, 0.6) is 0 Å². The van der Waals surface area contributed by atoms with E-state index in [-0.39, 0.29) is 5.91 Å². The van der Waals surface area contributed by atoms with Crippen molar-refractivity contribution >= 4 is 18.0 Å². The maximum Gasteiger partial charge on any atom is 0.270 e. The Bertz CT molecular complexity index is 838. The van der Waals surface area contributed by atoms with E-state index in [0.29, 0.717) is 18.8 Å². The fourth-order valence-electron chi connectivity index (χ4n) is 2.88. The number of nitrogens with one attached hydrogen (secondary N) is 1. The van der Waals surface area contributed by atoms with Crippen LogP contribution >= 0.6 is 0 Å². The minimum Gasteiger partial charge on any atom is -0.371 e. The van der Waals surface area contributed by atoms with Gasteiger partial charge in [0.05, 0.1) is 0 Å². The van der Waals surface area contributed by atoms with Crippen molar-refractivity contribution in [1.29, 1.82) is 0 Å². The lowest BCUT2D eigenvalue weighted by Gasteiger charge is -2.15. The average Bonchev–Trinajstić information content (AvgIpc) is 3.20. The summed E-state index contributed by atoms with van der Waals surface area (Å²) in [5.74, 6) is -0.0785. The SMILES string of the molecule is CO[C@H]1CCN(NC(=O)/C=C\n2cnc(-c3cc(C)cc(C)c3)n2)C1=O. The standard InChI is InChI=1S/C18H21N5O3/c1-12-8-13(2)10-14(9-12)17-19-11-22(21-17)6-5-16(24)20-23-7-4-15(26-3)18(23)25/h5-6,8-11,15H,4,7H2,1-3H3,(H,20,24)/b6-5-/t15-/m0/s1. The van der Waals surface area contributed by atoms with E-state index < -0.39 is 12.0 Å². The lowest BCUT2D eigenvalue weighted by atomic mass is 10.1. The lowest BCUT2D eigenvalue weighted by molar-refractivity contribution is -0.142. The van der Waals surface area contributed by atoms with Crippen molar-refractivity contribution < 1.29 is 14.3 Å². The number of amides is 2. The molecule has 3 rings (SSSR count). The van der Waals surface area contributed by atoms with Gasteiger partial charge in [0.25, 0.3) is 11.8 Å². The van der Waals surface area contributed by atoms with E-state index in [1.807, 2.05) is 26.0 Å². The first-order chi connectivity index (χ1) is 12.5. The molecule has 1 N–H and O–H groups in total. The van der Waals surface area contributed by atoms with Crippen molar-refractivity contribution in [2.75, 3.05) is 13.7 Å². The number of hydrogen-bond acceptors (Lipinski definition) is 5. The molecule has 1 fully saturated rings. The van der Waals surface area contributed by atoms with Crippen LogP contribution < -0.4 is 5.43 Å². The minimum atomic E-state index is -0.491. The molecule has 2 amide bonds. The summed E-state index contributed by atoms with van der Waals surface area (Å²) in [5.41, 5.74) is 5.73. The summed E-state index contributed by atoms with van der Waals surface area (Å²) >= 11 is 0. The molecule has 26 heavy (non-hydrogen) atoms. The number of nitrogens with zero attached hydrogens (tertiary/aromatic N) is 4. The van der Waals surface area contributed by atoms with Gasteiger partial charge in [0, 0.05) is 37.9 Å². The highest BCUT2D eigenvalue weighted by Gasteiger charge is 2.32. The third kappa shape index (κ3) is 3.97. The summed E-state index contributed by atoms with van der Waals surface area (Å²) in [6.45, 7) is 4.47. The number of benzene rings is 1. The van der Waals surface area contributed by atoms with E-state index in [9.17, 15) is 9.59 Å². The molecule has 0 unspecified atom stereocenters. The van der Waals surface area contributed by atoms with Gasteiger partial charge in [-0.15, -0.1) is 5.10 Å². The Morgan fingerprint density at radius 3 is 2.69 bits per heavy atom. The van der Waals surface area contributed by atoms with Crippen molar-refractivity contribution in [3.05, 3.63) is 41.7 Å². The lowest BCUT2D eigenvalue weighted by Crippen LogP contribution is -2.44. The maximum atomic E-state index is 12.0. The molecule has 1 aliphatic rings. The molecular weight excluding hydrogens is 334 g/mol. The van der Waals surface area contributed by atoms with Crippen molar-refractivity contribution in [2.45, 2.75) is 26.4 Å². The zero-order valence-electron chi connectivity index (χ0n) is 15.0. The topological polar surface area (TPSA) is 89.3 Å². The van der Waals surface area contributed by atoms with Crippen LogP contribution in [-0.4, -0.2) is 51.3 Å². The third-order valence-corrected chi connectivity index (χ3v) is 4.05. The molecule has 2 heterocycles. The van der Waals surface area contributed by atoms with Crippen molar-refractivity contribution in [3.63, 3.8) is 0 Å². The molecule has 136 valence electrons. The van der Waals surface area contributed by atoms with E-state index in [4.69, 9.17) is 4.74 Å². The van der Waals surface area contributed by atoms with Gasteiger partial charge < -0.3 is 4.74 Å². The Morgan fingerprint density at radius 2 is 2.04 bits per heavy atom. The van der Waals surface area contributed by atoms with Crippen LogP contribution in [0.2, 0.25) is 0 Å². The summed E-state index contributed by atoms with van der Waals surface area (Å²) in [6, 6.07) is 6.10. The molecule has 1 atom stereocenters. The smallest absolute Gasteiger partial charge is 0.270 e. The molecule has 1 aromatic heterocycles. The highest BCUT2D eigenvalue weighted by atomic mass is 16.5. The number of carbonyl (C=O) groups excluding carboxylic acids is 2. The van der Waals surface area contributed by atoms with Gasteiger partial charge in [-0.2, -0.15) is 0 Å². The number of aromatic nitrogens is 3. The van der Waals surface area contributed by atoms with Crippen LogP contribution in [-0.2, 0) is 14.3 Å². The van der Waals surface area contributed by atoms with Gasteiger partial charge in [-0.1, -0.05) is 17.2 Å². The maximum absolute atomic E-state index is 12.0. The van der Waals surface area contributed by atoms with E-state index in [1.54, 1.807) is 0 Å². The summed E-state index contributed by atoms with van der Waals surface area (Å²) in [5, 5.41) is 5.61. The van der Waals surface area contributed by atoms with E-state index >= 15 is 0 Å². The molecule has 1 saturated heterocycles. The zero-order valence-corrected chi connectivity index (χ0v) is 15.0. The predicted molar refractivity (Wildman–Crippen MR) is 95.5 cm³/mol. The molecule has 2 aromatic rings. The summed E-state index contributed by atoms with van der Waals surface area (Å²) in [7, 11) is 1.48. The first kappa shape index (κ1) is 17.8. The van der Waals surface area contributed by atoms with Crippen molar-refractivity contribution in [1.82, 2.24) is 25.2 Å². The molecule has 8 heteroatoms. The second-order valence-corrected chi connectivity index (χ2v) is 6.22. The second kappa shape index (κ2) is 7.49. The molecule has 1 aromatic carbocycles. The fraction of sp³-hybridized carbons (Fsp3) is 0.333. The Morgan fingerprint density at radius 1 is 1.31 bits per heavy atom. The van der Waals surface area contributed by atoms with Gasteiger partial charge >= 0.3 is 0 Å². The quantitative estimate of drug-likeness (QED) is 0.817. The van der Waals surface area contributed by atoms with Crippen LogP contribution in [0, 0.1) is 13.8 Å². The number of rotatable bonds is 5. The number of aryl methyl sites for hydroxylation is 2. The molecule has 1 aliphatic heterocycles. The molecule has 0 aliphatic carbocycles. The third-order valence-electron chi connectivity index (χ3n) is 4.05. The zero-order chi connectivity index (χ0) is 18.7. The second-order valence-electron chi connectivity index (χ2n) is 6.22. The summed E-state index contributed by atoms with van der Waals surface area (Å²) < 4.78 is 6.50. The first-order valence-electron chi connectivity index (χ1n) is 8.29. The van der Waals surface area contributed by atoms with E-state index in [2.05, 4.69) is 21.6 Å². The highest BCUT2D eigenvalue weighted by Crippen LogP contribution is 2.18. The Hall–Kier alpha value is -3.00. The largest absolute Gasteiger partial charge is 0.371 e. The normalized spacial score (nSPS) is 17.3. The number of hydrazine groups is 1. The number of carbonyl (C=O) groups is 2. The average molecular weight is 355 g/mol. The van der Waals surface area contributed by atoms with Crippen LogP contribution in [0.25, 0.3) is 17.6 Å². The van der Waals surface area contributed by atoms with Gasteiger partial charge in [-0.05, 0) is 26.0 Å². The van der Waals surface area contributed by atoms with Crippen molar-refractivity contribution in [2.24, 2.45) is 0 Å². The molecule has 0 radical (unpaired) electrons. The van der Waals surface area contributed by atoms with E-state index in [0.717, 1.165) is 16.7 Å². The number of hydrogen-bond donors (Lipinski definition) is 1. The van der Waals surface area contributed by atoms with Crippen molar-refractivity contribution in [3.8, 4) is 11.4 Å². The summed E-state index contributed by atoms with van der Waals surface area (Å²) in [6.07, 6.45) is 4.38. The number of methoxy groups -OCH3 is 1. The Kier molecular flexibility index (Phi) is 5.13. The van der Waals surface area contributed by atoms with Gasteiger partial charge in [0.2, 0.25) is 0 Å². The van der Waals surface area contributed by atoms with Gasteiger partial charge in [0.1, 0.15) is 12.4 Å². The van der Waals surface area contributed by atoms with Crippen LogP contribution in [0.15, 0.2) is 30.6 Å². The highest BCUT2D eigenvalue weighted by molar-refractivity contribution is 5.92. The first-order valence-corrected chi connectivity index (χ1v) is 8.29. The van der Waals surface area contributed by atoms with Crippen LogP contribution in [0.3, 0.4) is 0 Å². The number of ether oxygens (including phenoxy) is 1. The molecule has 0 bridgehead atoms. The molecule has 8 nitrogen and oxygen atoms in total. The van der Waals surface area contributed by atoms with Gasteiger partial charge in [-0.3, -0.25) is 20.0 Å². The van der Waals surface area contributed by atoms with E-state index in [1.165, 1.54) is 35.4 Å². The minimum absolute atomic E-state index is 0.243. The Balaban J connectivity index is 1.63. The molecule has 0 saturated carbocycles. The molecular formula is C18H21N5O3. The fourth-order valence-corrected chi connectivity index (χ4v) is 2.88. The summed E-state index contributed by atoms with van der Waals surface area (Å²) in [4.78, 5) is 28.2. The Labute approximate surface area is 151 Å². The van der Waals surface area contributed by atoms with Gasteiger partial charge in [0.15, 0.2) is 5.82 Å². The predicted octanol–water partition coefficient (Wildman–Crippen LogP) is 1.31. The van der Waals surface area contributed by atoms with Gasteiger partial charge in [-0.25, -0.2) is 9.67 Å². The monoisotopic (exact) mass is 355 g/mol. The molecule has 0 spiro atoms. The van der Waals surface area contributed by atoms with Crippen LogP contribution in [0.1, 0.15) is 17.5 Å². The van der Waals surface area contributed by atoms with Crippen LogP contribution in [0.4, 0.5) is 0 Å².